The molecule has 4 heterocycles. The van der Waals surface area contributed by atoms with Gasteiger partial charge in [0.15, 0.2) is 0 Å². The highest BCUT2D eigenvalue weighted by atomic mass is 32.2. The van der Waals surface area contributed by atoms with Gasteiger partial charge in [0.1, 0.15) is 12.0 Å². The molecule has 0 aromatic carbocycles. The molecule has 0 unspecified atom stereocenters. The van der Waals surface area contributed by atoms with E-state index in [1.54, 1.807) is 6.20 Å². The van der Waals surface area contributed by atoms with Gasteiger partial charge >= 0.3 is 0 Å². The zero-order valence-corrected chi connectivity index (χ0v) is 12.6. The topological polar surface area (TPSA) is 91.8 Å². The van der Waals surface area contributed by atoms with Gasteiger partial charge in [-0.3, -0.25) is 0 Å². The summed E-state index contributed by atoms with van der Waals surface area (Å²) in [4.78, 5) is 16.0. The maximum atomic E-state index is 11.7. The SMILES string of the molecule is CS(=O)(=O)N1CC=C(c2ncnc3cnc4[nH]ccc4c23)C1. The van der Waals surface area contributed by atoms with Crippen molar-refractivity contribution in [2.75, 3.05) is 19.3 Å². The molecule has 0 aliphatic carbocycles. The molecule has 8 heteroatoms. The Labute approximate surface area is 126 Å². The zero-order chi connectivity index (χ0) is 15.3. The van der Waals surface area contributed by atoms with Crippen LogP contribution in [0.2, 0.25) is 0 Å². The van der Waals surface area contributed by atoms with E-state index >= 15 is 0 Å². The Bertz CT molecular complexity index is 1020. The Morgan fingerprint density at radius 2 is 2.14 bits per heavy atom. The number of hydrogen-bond donors (Lipinski definition) is 1. The van der Waals surface area contributed by atoms with E-state index in [4.69, 9.17) is 0 Å². The molecule has 7 nitrogen and oxygen atoms in total. The van der Waals surface area contributed by atoms with Crippen LogP contribution in [0.25, 0.3) is 27.5 Å². The van der Waals surface area contributed by atoms with Crippen LogP contribution in [0.1, 0.15) is 5.69 Å². The minimum Gasteiger partial charge on any atom is -0.346 e. The van der Waals surface area contributed by atoms with E-state index in [2.05, 4.69) is 19.9 Å². The fourth-order valence-electron chi connectivity index (χ4n) is 2.76. The number of rotatable bonds is 2. The van der Waals surface area contributed by atoms with Crippen molar-refractivity contribution < 1.29 is 8.42 Å². The second kappa shape index (κ2) is 4.59. The van der Waals surface area contributed by atoms with Gasteiger partial charge in [-0.1, -0.05) is 6.08 Å². The summed E-state index contributed by atoms with van der Waals surface area (Å²) in [6.07, 6.45) is 8.13. The third-order valence-electron chi connectivity index (χ3n) is 3.85. The Kier molecular flexibility index (Phi) is 2.78. The van der Waals surface area contributed by atoms with Crippen LogP contribution in [0.5, 0.6) is 0 Å². The van der Waals surface area contributed by atoms with Crippen molar-refractivity contribution in [3.63, 3.8) is 0 Å². The number of nitrogens with one attached hydrogen (secondary N) is 1. The molecule has 3 aromatic heterocycles. The Morgan fingerprint density at radius 1 is 1.27 bits per heavy atom. The molecule has 0 atom stereocenters. The van der Waals surface area contributed by atoms with Crippen molar-refractivity contribution in [3.8, 4) is 0 Å². The fraction of sp³-hybridized carbons (Fsp3) is 0.214. The third kappa shape index (κ3) is 1.99. The molecule has 0 spiro atoms. The number of fused-ring (bicyclic) bond motifs is 3. The lowest BCUT2D eigenvalue weighted by molar-refractivity contribution is 0.496. The van der Waals surface area contributed by atoms with Crippen molar-refractivity contribution in [2.45, 2.75) is 0 Å². The van der Waals surface area contributed by atoms with Gasteiger partial charge < -0.3 is 4.98 Å². The van der Waals surface area contributed by atoms with Crippen LogP contribution in [-0.2, 0) is 10.0 Å². The number of nitrogens with zero attached hydrogens (tertiary/aromatic N) is 4. The quantitative estimate of drug-likeness (QED) is 0.766. The first-order chi connectivity index (χ1) is 10.5. The van der Waals surface area contributed by atoms with Gasteiger partial charge in [-0.2, -0.15) is 4.31 Å². The van der Waals surface area contributed by atoms with Crippen molar-refractivity contribution in [3.05, 3.63) is 36.6 Å². The molecule has 0 fully saturated rings. The minimum atomic E-state index is -3.21. The third-order valence-corrected chi connectivity index (χ3v) is 5.06. The largest absolute Gasteiger partial charge is 0.346 e. The van der Waals surface area contributed by atoms with Gasteiger partial charge in [0.25, 0.3) is 0 Å². The highest BCUT2D eigenvalue weighted by molar-refractivity contribution is 7.88. The molecule has 0 radical (unpaired) electrons. The number of aromatic amines is 1. The van der Waals surface area contributed by atoms with E-state index in [9.17, 15) is 8.42 Å². The molecule has 0 saturated carbocycles. The Balaban J connectivity index is 1.91. The fourth-order valence-corrected chi connectivity index (χ4v) is 3.48. The van der Waals surface area contributed by atoms with Crippen LogP contribution in [0, 0.1) is 0 Å². The number of sulfonamides is 1. The van der Waals surface area contributed by atoms with Gasteiger partial charge in [-0.25, -0.2) is 23.4 Å². The molecule has 0 amide bonds. The molecule has 1 aliphatic rings. The van der Waals surface area contributed by atoms with Crippen LogP contribution in [0.15, 0.2) is 30.9 Å². The van der Waals surface area contributed by atoms with E-state index in [0.717, 1.165) is 33.2 Å². The number of H-pyrrole nitrogens is 1. The summed E-state index contributed by atoms with van der Waals surface area (Å²) in [5.74, 6) is 0. The highest BCUT2D eigenvalue weighted by Crippen LogP contribution is 2.30. The van der Waals surface area contributed by atoms with E-state index in [1.807, 2.05) is 18.3 Å². The molecule has 112 valence electrons. The summed E-state index contributed by atoms with van der Waals surface area (Å²) in [6.45, 7) is 0.709. The molecule has 0 saturated heterocycles. The number of aromatic nitrogens is 4. The molecule has 1 aliphatic heterocycles. The first-order valence-corrected chi connectivity index (χ1v) is 8.60. The molecule has 4 rings (SSSR count). The summed E-state index contributed by atoms with van der Waals surface area (Å²) >= 11 is 0. The standard InChI is InChI=1S/C14H13N5O2S/c1-22(20,21)19-5-3-9(7-19)13-12-10-2-4-15-14(10)16-6-11(12)17-8-18-13/h2-4,6,8H,5,7H2,1H3,(H,15,16). The molecular weight excluding hydrogens is 302 g/mol. The van der Waals surface area contributed by atoms with E-state index in [-0.39, 0.29) is 0 Å². The van der Waals surface area contributed by atoms with Crippen LogP contribution < -0.4 is 0 Å². The summed E-state index contributed by atoms with van der Waals surface area (Å²) in [5, 5.41) is 1.84. The predicted octanol–water partition coefficient (Wildman–Crippen LogP) is 1.16. The van der Waals surface area contributed by atoms with Crippen LogP contribution in [0.3, 0.4) is 0 Å². The molecule has 1 N–H and O–H groups in total. The average Bonchev–Trinajstić information content (AvgIpc) is 3.15. The monoisotopic (exact) mass is 315 g/mol. The number of pyridine rings is 1. The first-order valence-electron chi connectivity index (χ1n) is 6.75. The van der Waals surface area contributed by atoms with Crippen molar-refractivity contribution in [1.82, 2.24) is 24.2 Å². The molecular formula is C14H13N5O2S. The van der Waals surface area contributed by atoms with E-state index in [0.29, 0.717) is 13.1 Å². The zero-order valence-electron chi connectivity index (χ0n) is 11.8. The average molecular weight is 315 g/mol. The Hall–Kier alpha value is -2.32. The first kappa shape index (κ1) is 13.4. The maximum Gasteiger partial charge on any atom is 0.211 e. The lowest BCUT2D eigenvalue weighted by atomic mass is 10.1. The maximum absolute atomic E-state index is 11.7. The predicted molar refractivity (Wildman–Crippen MR) is 83.6 cm³/mol. The highest BCUT2D eigenvalue weighted by Gasteiger charge is 2.25. The molecule has 22 heavy (non-hydrogen) atoms. The second-order valence-corrected chi connectivity index (χ2v) is 7.25. The van der Waals surface area contributed by atoms with Crippen molar-refractivity contribution in [1.29, 1.82) is 0 Å². The van der Waals surface area contributed by atoms with Gasteiger partial charge in [0, 0.05) is 30.1 Å². The van der Waals surface area contributed by atoms with E-state index < -0.39 is 10.0 Å². The molecule has 3 aromatic rings. The van der Waals surface area contributed by atoms with Gasteiger partial charge in [-0.05, 0) is 11.6 Å². The van der Waals surface area contributed by atoms with Gasteiger partial charge in [0.05, 0.1) is 23.7 Å². The lowest BCUT2D eigenvalue weighted by Crippen LogP contribution is -2.27. The summed E-state index contributed by atoms with van der Waals surface area (Å²) < 4.78 is 24.8. The van der Waals surface area contributed by atoms with Crippen molar-refractivity contribution in [2.24, 2.45) is 0 Å². The van der Waals surface area contributed by atoms with E-state index in [1.165, 1.54) is 16.9 Å². The summed E-state index contributed by atoms with van der Waals surface area (Å²) in [5.41, 5.74) is 3.17. The minimum absolute atomic E-state index is 0.333. The van der Waals surface area contributed by atoms with Crippen LogP contribution in [0.4, 0.5) is 0 Å². The van der Waals surface area contributed by atoms with Crippen LogP contribution in [-0.4, -0.2) is 52.0 Å². The summed E-state index contributed by atoms with van der Waals surface area (Å²) in [6, 6.07) is 1.93. The molecule has 0 bridgehead atoms. The normalized spacial score (nSPS) is 16.5. The van der Waals surface area contributed by atoms with Gasteiger partial charge in [0.2, 0.25) is 10.0 Å². The lowest BCUT2D eigenvalue weighted by Gasteiger charge is -2.13. The van der Waals surface area contributed by atoms with Gasteiger partial charge in [-0.15, -0.1) is 0 Å². The smallest absolute Gasteiger partial charge is 0.211 e. The summed E-state index contributed by atoms with van der Waals surface area (Å²) in [7, 11) is -3.21. The van der Waals surface area contributed by atoms with Crippen LogP contribution >= 0.6 is 0 Å². The van der Waals surface area contributed by atoms with Crippen molar-refractivity contribution >= 4 is 37.5 Å². The second-order valence-electron chi connectivity index (χ2n) is 5.27. The Morgan fingerprint density at radius 3 is 2.91 bits per heavy atom. The number of hydrogen-bond acceptors (Lipinski definition) is 5.